The molecule has 1 aliphatic heterocycles. The summed E-state index contributed by atoms with van der Waals surface area (Å²) in [7, 11) is 1.63. The number of benzene rings is 1. The van der Waals surface area contributed by atoms with Crippen molar-refractivity contribution in [3.05, 3.63) is 29.8 Å². The molecular formula is C13H17NO3. The fraction of sp³-hybridized carbons (Fsp3) is 0.462. The second kappa shape index (κ2) is 4.75. The Kier molecular flexibility index (Phi) is 3.33. The smallest absolute Gasteiger partial charge is 0.326 e. The van der Waals surface area contributed by atoms with Gasteiger partial charge >= 0.3 is 5.97 Å². The van der Waals surface area contributed by atoms with E-state index in [2.05, 4.69) is 0 Å². The minimum absolute atomic E-state index is 0.0600. The third-order valence-electron chi connectivity index (χ3n) is 3.19. The number of carboxylic acids is 1. The molecule has 17 heavy (non-hydrogen) atoms. The highest BCUT2D eigenvalue weighted by Gasteiger charge is 2.36. The van der Waals surface area contributed by atoms with E-state index >= 15 is 0 Å². The van der Waals surface area contributed by atoms with Crippen LogP contribution >= 0.6 is 0 Å². The van der Waals surface area contributed by atoms with Gasteiger partial charge in [0.25, 0.3) is 0 Å². The lowest BCUT2D eigenvalue weighted by Crippen LogP contribution is -2.46. The van der Waals surface area contributed by atoms with Crippen LogP contribution in [0, 0.1) is 0 Å². The first kappa shape index (κ1) is 11.9. The Labute approximate surface area is 101 Å². The zero-order valence-electron chi connectivity index (χ0n) is 10.1. The van der Waals surface area contributed by atoms with Crippen LogP contribution in [0.25, 0.3) is 0 Å². The van der Waals surface area contributed by atoms with E-state index in [1.165, 1.54) is 0 Å². The van der Waals surface area contributed by atoms with Gasteiger partial charge in [-0.25, -0.2) is 4.79 Å². The number of hydrogen-bond acceptors (Lipinski definition) is 3. The Hall–Kier alpha value is -1.55. The molecule has 0 bridgehead atoms. The predicted molar refractivity (Wildman–Crippen MR) is 65.4 cm³/mol. The quantitative estimate of drug-likeness (QED) is 0.860. The van der Waals surface area contributed by atoms with Crippen LogP contribution in [0.5, 0.6) is 0 Å². The molecule has 0 fully saturated rings. The lowest BCUT2D eigenvalue weighted by Gasteiger charge is -2.30. The topological polar surface area (TPSA) is 49.8 Å². The molecule has 2 unspecified atom stereocenters. The van der Waals surface area contributed by atoms with Gasteiger partial charge in [0.15, 0.2) is 0 Å². The second-order valence-corrected chi connectivity index (χ2v) is 4.40. The number of carboxylic acid groups (broad SMARTS) is 1. The van der Waals surface area contributed by atoms with Crippen molar-refractivity contribution in [3.8, 4) is 0 Å². The molecule has 2 atom stereocenters. The highest BCUT2D eigenvalue weighted by Crippen LogP contribution is 2.33. The summed E-state index contributed by atoms with van der Waals surface area (Å²) in [4.78, 5) is 13.3. The molecule has 1 aliphatic rings. The number of methoxy groups -OCH3 is 1. The number of nitrogens with zero attached hydrogens (tertiary/aromatic N) is 1. The molecule has 2 rings (SSSR count). The fourth-order valence-corrected chi connectivity index (χ4v) is 2.48. The van der Waals surface area contributed by atoms with E-state index in [4.69, 9.17) is 4.74 Å². The Morgan fingerprint density at radius 2 is 2.29 bits per heavy atom. The number of hydrogen-bond donors (Lipinski definition) is 1. The van der Waals surface area contributed by atoms with E-state index in [1.54, 1.807) is 7.11 Å². The molecule has 0 aromatic heterocycles. The summed E-state index contributed by atoms with van der Waals surface area (Å²) in [6, 6.07) is 7.44. The maximum Gasteiger partial charge on any atom is 0.326 e. The fourth-order valence-electron chi connectivity index (χ4n) is 2.48. The van der Waals surface area contributed by atoms with Gasteiger partial charge in [0.2, 0.25) is 0 Å². The molecular weight excluding hydrogens is 218 g/mol. The van der Waals surface area contributed by atoms with Gasteiger partial charge in [0.05, 0.1) is 12.6 Å². The van der Waals surface area contributed by atoms with E-state index in [0.29, 0.717) is 13.0 Å². The summed E-state index contributed by atoms with van der Waals surface area (Å²) >= 11 is 0. The third kappa shape index (κ3) is 2.13. The van der Waals surface area contributed by atoms with Crippen LogP contribution in [-0.2, 0) is 16.0 Å². The summed E-state index contributed by atoms with van der Waals surface area (Å²) < 4.78 is 5.12. The highest BCUT2D eigenvalue weighted by molar-refractivity contribution is 5.82. The average Bonchev–Trinajstić information content (AvgIpc) is 2.68. The maximum atomic E-state index is 11.3. The number of carbonyl (C=O) groups is 1. The first-order chi connectivity index (χ1) is 8.15. The molecule has 0 saturated heterocycles. The molecule has 0 aliphatic carbocycles. The van der Waals surface area contributed by atoms with E-state index < -0.39 is 12.0 Å². The molecule has 4 heteroatoms. The SMILES string of the molecule is COCC(C)N1c2ccccc2CC1C(=O)O. The van der Waals surface area contributed by atoms with Crippen molar-refractivity contribution in [1.29, 1.82) is 0 Å². The second-order valence-electron chi connectivity index (χ2n) is 4.40. The Balaban J connectivity index is 2.33. The lowest BCUT2D eigenvalue weighted by atomic mass is 10.1. The van der Waals surface area contributed by atoms with Crippen molar-refractivity contribution in [2.75, 3.05) is 18.6 Å². The van der Waals surface area contributed by atoms with Crippen molar-refractivity contribution in [2.45, 2.75) is 25.4 Å². The van der Waals surface area contributed by atoms with Crippen LogP contribution in [0.2, 0.25) is 0 Å². The van der Waals surface area contributed by atoms with E-state index in [9.17, 15) is 9.90 Å². The molecule has 1 aromatic carbocycles. The van der Waals surface area contributed by atoms with Crippen LogP contribution in [0.15, 0.2) is 24.3 Å². The minimum Gasteiger partial charge on any atom is -0.480 e. The van der Waals surface area contributed by atoms with Crippen LogP contribution in [0.4, 0.5) is 5.69 Å². The molecule has 0 amide bonds. The van der Waals surface area contributed by atoms with E-state index in [1.807, 2.05) is 36.1 Å². The van der Waals surface area contributed by atoms with Gasteiger partial charge in [-0.3, -0.25) is 0 Å². The standard InChI is InChI=1S/C13H17NO3/c1-9(8-17-2)14-11-6-4-3-5-10(11)7-12(14)13(15)16/h3-6,9,12H,7-8H2,1-2H3,(H,15,16). The predicted octanol–water partition coefficient (Wildman–Crippen LogP) is 1.54. The average molecular weight is 235 g/mol. The number of rotatable bonds is 4. The molecule has 1 heterocycles. The third-order valence-corrected chi connectivity index (χ3v) is 3.19. The first-order valence-corrected chi connectivity index (χ1v) is 5.73. The molecule has 0 spiro atoms. The Bertz CT molecular complexity index is 419. The van der Waals surface area contributed by atoms with Crippen LogP contribution < -0.4 is 4.90 Å². The van der Waals surface area contributed by atoms with Crippen LogP contribution in [-0.4, -0.2) is 36.9 Å². The Morgan fingerprint density at radius 3 is 2.94 bits per heavy atom. The van der Waals surface area contributed by atoms with Gasteiger partial charge in [-0.2, -0.15) is 0 Å². The molecule has 0 saturated carbocycles. The van der Waals surface area contributed by atoms with Gasteiger partial charge in [0.1, 0.15) is 6.04 Å². The minimum atomic E-state index is -0.774. The lowest BCUT2D eigenvalue weighted by molar-refractivity contribution is -0.138. The summed E-state index contributed by atoms with van der Waals surface area (Å²) in [6.07, 6.45) is 0.569. The van der Waals surface area contributed by atoms with Gasteiger partial charge in [0, 0.05) is 19.2 Å². The number of para-hydroxylation sites is 1. The Morgan fingerprint density at radius 1 is 1.59 bits per heavy atom. The zero-order chi connectivity index (χ0) is 12.4. The highest BCUT2D eigenvalue weighted by atomic mass is 16.5. The number of aliphatic carboxylic acids is 1. The molecule has 0 radical (unpaired) electrons. The summed E-state index contributed by atoms with van der Waals surface area (Å²) in [5.41, 5.74) is 2.12. The van der Waals surface area contributed by atoms with Crippen molar-refractivity contribution in [3.63, 3.8) is 0 Å². The van der Waals surface area contributed by atoms with Crippen molar-refractivity contribution in [2.24, 2.45) is 0 Å². The maximum absolute atomic E-state index is 11.3. The van der Waals surface area contributed by atoms with Gasteiger partial charge in [-0.15, -0.1) is 0 Å². The van der Waals surface area contributed by atoms with Crippen LogP contribution in [0.3, 0.4) is 0 Å². The molecule has 1 N–H and O–H groups in total. The summed E-state index contributed by atoms with van der Waals surface area (Å²) in [5, 5.41) is 9.29. The van der Waals surface area contributed by atoms with Crippen LogP contribution in [0.1, 0.15) is 12.5 Å². The molecule has 92 valence electrons. The molecule has 4 nitrogen and oxygen atoms in total. The van der Waals surface area contributed by atoms with Gasteiger partial charge < -0.3 is 14.7 Å². The van der Waals surface area contributed by atoms with E-state index in [0.717, 1.165) is 11.3 Å². The van der Waals surface area contributed by atoms with Crippen molar-refractivity contribution >= 4 is 11.7 Å². The summed E-state index contributed by atoms with van der Waals surface area (Å²) in [6.45, 7) is 2.51. The van der Waals surface area contributed by atoms with Gasteiger partial charge in [-0.05, 0) is 18.6 Å². The summed E-state index contributed by atoms with van der Waals surface area (Å²) in [5.74, 6) is -0.774. The van der Waals surface area contributed by atoms with Crippen molar-refractivity contribution < 1.29 is 14.6 Å². The number of anilines is 1. The monoisotopic (exact) mass is 235 g/mol. The number of ether oxygens (including phenoxy) is 1. The first-order valence-electron chi connectivity index (χ1n) is 5.73. The molecule has 1 aromatic rings. The van der Waals surface area contributed by atoms with E-state index in [-0.39, 0.29) is 6.04 Å². The normalized spacial score (nSPS) is 20.1. The zero-order valence-corrected chi connectivity index (χ0v) is 10.1. The van der Waals surface area contributed by atoms with Crippen molar-refractivity contribution in [1.82, 2.24) is 0 Å². The largest absolute Gasteiger partial charge is 0.480 e. The number of fused-ring (bicyclic) bond motifs is 1. The van der Waals surface area contributed by atoms with Gasteiger partial charge in [-0.1, -0.05) is 18.2 Å².